The van der Waals surface area contributed by atoms with E-state index in [-0.39, 0.29) is 22.6 Å². The summed E-state index contributed by atoms with van der Waals surface area (Å²) in [7, 11) is -1.61. The van der Waals surface area contributed by atoms with Gasteiger partial charge in [-0.15, -0.1) is 0 Å². The van der Waals surface area contributed by atoms with Gasteiger partial charge in [0.05, 0.1) is 4.90 Å². The van der Waals surface area contributed by atoms with Crippen LogP contribution in [0.15, 0.2) is 59.5 Å². The molecule has 178 valence electrons. The molecule has 0 aliphatic carbocycles. The Labute approximate surface area is 196 Å². The molecular weight excluding hydrogens is 440 g/mol. The highest BCUT2D eigenvalue weighted by Crippen LogP contribution is 2.20. The van der Waals surface area contributed by atoms with E-state index in [1.54, 1.807) is 36.4 Å². The predicted octanol–water partition coefficient (Wildman–Crippen LogP) is 2.41. The zero-order valence-electron chi connectivity index (χ0n) is 19.3. The lowest BCUT2D eigenvalue weighted by molar-refractivity contribution is -0.119. The second-order valence-electron chi connectivity index (χ2n) is 8.42. The van der Waals surface area contributed by atoms with Gasteiger partial charge in [-0.1, -0.05) is 38.5 Å². The topological polar surface area (TPSA) is 98.8 Å². The minimum Gasteiger partial charge on any atom is -0.340 e. The van der Waals surface area contributed by atoms with Gasteiger partial charge in [0.15, 0.2) is 0 Å². The van der Waals surface area contributed by atoms with E-state index in [0.717, 1.165) is 0 Å². The Hall–Kier alpha value is -2.75. The summed E-state index contributed by atoms with van der Waals surface area (Å²) in [4.78, 5) is 27.9. The first-order chi connectivity index (χ1) is 15.7. The van der Waals surface area contributed by atoms with E-state index in [1.165, 1.54) is 16.4 Å². The van der Waals surface area contributed by atoms with Gasteiger partial charge in [0.2, 0.25) is 15.9 Å². The largest absolute Gasteiger partial charge is 0.340 e. The van der Waals surface area contributed by atoms with Gasteiger partial charge in [0, 0.05) is 37.4 Å². The molecule has 1 aliphatic rings. The van der Waals surface area contributed by atoms with Crippen molar-refractivity contribution in [2.75, 3.05) is 38.5 Å². The summed E-state index contributed by atoms with van der Waals surface area (Å²) < 4.78 is 27.3. The molecule has 0 spiro atoms. The molecule has 0 radical (unpaired) electrons. The Balaban J connectivity index is 1.69. The maximum atomic E-state index is 13.0. The first-order valence-electron chi connectivity index (χ1n) is 11.2. The van der Waals surface area contributed by atoms with Crippen LogP contribution in [0.1, 0.15) is 30.6 Å². The van der Waals surface area contributed by atoms with E-state index < -0.39 is 16.1 Å². The molecule has 2 aromatic carbocycles. The number of amides is 2. The highest BCUT2D eigenvalue weighted by atomic mass is 32.2. The van der Waals surface area contributed by atoms with E-state index in [9.17, 15) is 18.0 Å². The lowest BCUT2D eigenvalue weighted by Gasteiger charge is -2.31. The third-order valence-electron chi connectivity index (χ3n) is 6.04. The molecule has 3 rings (SSSR count). The zero-order valence-corrected chi connectivity index (χ0v) is 20.1. The monoisotopic (exact) mass is 472 g/mol. The standard InChI is InChI=1S/C24H32N4O4S/c1-4-18(2)22(26-23(29)19-8-6-5-7-9-19)24(30)25-20-10-12-21(13-11-20)33(31,32)28-16-14-27(3)15-17-28/h5-13,18,22H,4,14-17H2,1-3H3,(H,25,30)(H,26,29)/t18-,22-/m0/s1. The SMILES string of the molecule is CC[C@H](C)[C@H](NC(=O)c1ccccc1)C(=O)Nc1ccc(S(=O)(=O)N2CCN(C)CC2)cc1. The molecule has 0 aromatic heterocycles. The molecule has 9 heteroatoms. The van der Waals surface area contributed by atoms with Crippen LogP contribution in [0.5, 0.6) is 0 Å². The van der Waals surface area contributed by atoms with Gasteiger partial charge < -0.3 is 15.5 Å². The van der Waals surface area contributed by atoms with Crippen LogP contribution in [-0.4, -0.2) is 68.7 Å². The van der Waals surface area contributed by atoms with E-state index in [1.807, 2.05) is 27.0 Å². The quantitative estimate of drug-likeness (QED) is 0.615. The summed E-state index contributed by atoms with van der Waals surface area (Å²) in [5.74, 6) is -0.748. The number of nitrogens with zero attached hydrogens (tertiary/aromatic N) is 2. The van der Waals surface area contributed by atoms with Crippen LogP contribution in [0.3, 0.4) is 0 Å². The molecule has 0 saturated carbocycles. The van der Waals surface area contributed by atoms with Crippen molar-refractivity contribution in [1.82, 2.24) is 14.5 Å². The molecule has 1 aliphatic heterocycles. The maximum absolute atomic E-state index is 13.0. The second-order valence-corrected chi connectivity index (χ2v) is 10.4. The molecule has 0 bridgehead atoms. The van der Waals surface area contributed by atoms with Crippen LogP contribution < -0.4 is 10.6 Å². The Morgan fingerprint density at radius 2 is 1.58 bits per heavy atom. The van der Waals surface area contributed by atoms with Gasteiger partial charge in [-0.3, -0.25) is 9.59 Å². The number of likely N-dealkylation sites (N-methyl/N-ethyl adjacent to an activating group) is 1. The number of piperazine rings is 1. The smallest absolute Gasteiger partial charge is 0.251 e. The number of rotatable bonds is 8. The molecule has 2 N–H and O–H groups in total. The Kier molecular flexibility index (Phi) is 8.23. The Morgan fingerprint density at radius 1 is 0.970 bits per heavy atom. The molecule has 2 amide bonds. The molecule has 33 heavy (non-hydrogen) atoms. The van der Waals surface area contributed by atoms with Crippen molar-refractivity contribution in [2.24, 2.45) is 5.92 Å². The number of hydrogen-bond acceptors (Lipinski definition) is 5. The fraction of sp³-hybridized carbons (Fsp3) is 0.417. The number of carbonyl (C=O) groups excluding carboxylic acids is 2. The predicted molar refractivity (Wildman–Crippen MR) is 128 cm³/mol. The lowest BCUT2D eigenvalue weighted by atomic mass is 9.97. The highest BCUT2D eigenvalue weighted by molar-refractivity contribution is 7.89. The van der Waals surface area contributed by atoms with Gasteiger partial charge in [-0.25, -0.2) is 8.42 Å². The van der Waals surface area contributed by atoms with Crippen molar-refractivity contribution in [1.29, 1.82) is 0 Å². The number of anilines is 1. The molecule has 1 saturated heterocycles. The van der Waals surface area contributed by atoms with E-state index >= 15 is 0 Å². The minimum atomic E-state index is -3.57. The normalized spacial score (nSPS) is 17.2. The summed E-state index contributed by atoms with van der Waals surface area (Å²) in [5, 5.41) is 5.64. The maximum Gasteiger partial charge on any atom is 0.251 e. The number of sulfonamides is 1. The van der Waals surface area contributed by atoms with Gasteiger partial charge in [-0.05, 0) is 49.4 Å². The molecule has 8 nitrogen and oxygen atoms in total. The second kappa shape index (κ2) is 10.9. The van der Waals surface area contributed by atoms with Gasteiger partial charge in [0.1, 0.15) is 6.04 Å². The van der Waals surface area contributed by atoms with E-state index in [0.29, 0.717) is 43.9 Å². The van der Waals surface area contributed by atoms with Crippen LogP contribution >= 0.6 is 0 Å². The van der Waals surface area contributed by atoms with Gasteiger partial charge >= 0.3 is 0 Å². The summed E-state index contributed by atoms with van der Waals surface area (Å²) in [5.41, 5.74) is 0.955. The third kappa shape index (κ3) is 6.19. The van der Waals surface area contributed by atoms with Crippen molar-refractivity contribution in [3.8, 4) is 0 Å². The number of nitrogens with one attached hydrogen (secondary N) is 2. The van der Waals surface area contributed by atoms with Crippen LogP contribution in [0.4, 0.5) is 5.69 Å². The van der Waals surface area contributed by atoms with Crippen molar-refractivity contribution in [3.05, 3.63) is 60.2 Å². The van der Waals surface area contributed by atoms with Crippen molar-refractivity contribution >= 4 is 27.5 Å². The molecule has 2 aromatic rings. The molecular formula is C24H32N4O4S. The van der Waals surface area contributed by atoms with Crippen LogP contribution in [-0.2, 0) is 14.8 Å². The summed E-state index contributed by atoms with van der Waals surface area (Å²) in [6, 6.07) is 14.2. The van der Waals surface area contributed by atoms with E-state index in [4.69, 9.17) is 0 Å². The van der Waals surface area contributed by atoms with Crippen LogP contribution in [0.2, 0.25) is 0 Å². The van der Waals surface area contributed by atoms with E-state index in [2.05, 4.69) is 15.5 Å². The summed E-state index contributed by atoms with van der Waals surface area (Å²) in [6.45, 7) is 6.15. The third-order valence-corrected chi connectivity index (χ3v) is 7.95. The lowest BCUT2D eigenvalue weighted by Crippen LogP contribution is -2.47. The highest BCUT2D eigenvalue weighted by Gasteiger charge is 2.28. The molecule has 1 heterocycles. The molecule has 2 atom stereocenters. The average molecular weight is 473 g/mol. The average Bonchev–Trinajstić information content (AvgIpc) is 2.83. The van der Waals surface area contributed by atoms with Crippen molar-refractivity contribution < 1.29 is 18.0 Å². The zero-order chi connectivity index (χ0) is 24.0. The first-order valence-corrected chi connectivity index (χ1v) is 12.6. The van der Waals surface area contributed by atoms with Gasteiger partial charge in [-0.2, -0.15) is 4.31 Å². The number of benzene rings is 2. The van der Waals surface area contributed by atoms with Crippen LogP contribution in [0, 0.1) is 5.92 Å². The summed E-state index contributed by atoms with van der Waals surface area (Å²) >= 11 is 0. The minimum absolute atomic E-state index is 0.0884. The number of carbonyl (C=O) groups is 2. The number of hydrogen-bond donors (Lipinski definition) is 2. The van der Waals surface area contributed by atoms with Crippen molar-refractivity contribution in [2.45, 2.75) is 31.2 Å². The van der Waals surface area contributed by atoms with Crippen LogP contribution in [0.25, 0.3) is 0 Å². The van der Waals surface area contributed by atoms with Gasteiger partial charge in [0.25, 0.3) is 5.91 Å². The fourth-order valence-corrected chi connectivity index (χ4v) is 5.05. The first kappa shape index (κ1) is 24.9. The van der Waals surface area contributed by atoms with Crippen molar-refractivity contribution in [3.63, 3.8) is 0 Å². The fourth-order valence-electron chi connectivity index (χ4n) is 3.62. The Morgan fingerprint density at radius 3 is 2.15 bits per heavy atom. The molecule has 0 unspecified atom stereocenters. The Bertz CT molecular complexity index is 1050. The molecule has 1 fully saturated rings. The summed E-state index contributed by atoms with van der Waals surface area (Å²) in [6.07, 6.45) is 0.704.